The molecule has 0 aliphatic heterocycles. The van der Waals surface area contributed by atoms with E-state index in [0.717, 1.165) is 30.2 Å². The van der Waals surface area contributed by atoms with Gasteiger partial charge in [-0.25, -0.2) is 4.79 Å². The summed E-state index contributed by atoms with van der Waals surface area (Å²) in [6.45, 7) is 4.54. The molecule has 7 nitrogen and oxygen atoms in total. The number of nitrogens with zero attached hydrogens (tertiary/aromatic N) is 2. The van der Waals surface area contributed by atoms with E-state index in [1.54, 1.807) is 0 Å². The Hall–Kier alpha value is -2.41. The lowest BCUT2D eigenvalue weighted by Gasteiger charge is -2.19. The number of aliphatic hydroxyl groups excluding tert-OH is 1. The molecule has 0 bridgehead atoms. The van der Waals surface area contributed by atoms with Gasteiger partial charge in [-0.15, -0.1) is 0 Å². The van der Waals surface area contributed by atoms with Gasteiger partial charge in [0.1, 0.15) is 6.04 Å². The number of rotatable bonds is 9. The maximum atomic E-state index is 12.8. The molecule has 1 aromatic carbocycles. The van der Waals surface area contributed by atoms with E-state index in [9.17, 15) is 9.59 Å². The molecule has 2 N–H and O–H groups in total. The monoisotopic (exact) mass is 361 g/mol. The van der Waals surface area contributed by atoms with Gasteiger partial charge in [0, 0.05) is 18.5 Å². The minimum Gasteiger partial charge on any atom is -0.467 e. The molecule has 0 radical (unpaired) electrons. The zero-order valence-corrected chi connectivity index (χ0v) is 15.6. The normalized spacial score (nSPS) is 12.3. The number of hydrogen-bond acceptors (Lipinski definition) is 5. The van der Waals surface area contributed by atoms with Crippen LogP contribution in [0.5, 0.6) is 0 Å². The van der Waals surface area contributed by atoms with Crippen molar-refractivity contribution in [3.8, 4) is 0 Å². The third-order valence-corrected chi connectivity index (χ3v) is 4.31. The summed E-state index contributed by atoms with van der Waals surface area (Å²) in [4.78, 5) is 24.7. The number of aryl methyl sites for hydroxylation is 1. The van der Waals surface area contributed by atoms with E-state index in [1.807, 2.05) is 42.8 Å². The van der Waals surface area contributed by atoms with Crippen molar-refractivity contribution in [2.75, 3.05) is 13.7 Å². The standard InChI is InChI=1S/C19H27N3O4/c1-13(2)16(19(25)26-3)20-18(24)17-14-9-5-6-10-15(14)22(21-17)11-7-4-8-12-23/h5-6,9-10,13,16,23H,4,7-8,11-12H2,1-3H3,(H,20,24). The fourth-order valence-electron chi connectivity index (χ4n) is 2.85. The van der Waals surface area contributed by atoms with E-state index in [2.05, 4.69) is 10.4 Å². The van der Waals surface area contributed by atoms with Gasteiger partial charge in [0.2, 0.25) is 0 Å². The molecule has 0 saturated carbocycles. The molecule has 0 aliphatic carbocycles. The Morgan fingerprint density at radius 3 is 2.62 bits per heavy atom. The van der Waals surface area contributed by atoms with Gasteiger partial charge >= 0.3 is 5.97 Å². The zero-order chi connectivity index (χ0) is 19.1. The van der Waals surface area contributed by atoms with Crippen LogP contribution in [-0.4, -0.2) is 46.5 Å². The number of aliphatic hydroxyl groups is 1. The molecule has 2 rings (SSSR count). The Labute approximate surface area is 153 Å². The van der Waals surface area contributed by atoms with Crippen LogP contribution < -0.4 is 5.32 Å². The number of carbonyl (C=O) groups excluding carboxylic acids is 2. The van der Waals surface area contributed by atoms with E-state index in [1.165, 1.54) is 7.11 Å². The molecule has 2 aromatic rings. The molecular formula is C19H27N3O4. The van der Waals surface area contributed by atoms with Crippen LogP contribution >= 0.6 is 0 Å². The lowest BCUT2D eigenvalue weighted by molar-refractivity contribution is -0.144. The maximum absolute atomic E-state index is 12.8. The molecule has 142 valence electrons. The first-order valence-electron chi connectivity index (χ1n) is 8.94. The van der Waals surface area contributed by atoms with Gasteiger partial charge in [0.05, 0.1) is 12.6 Å². The number of unbranched alkanes of at least 4 members (excludes halogenated alkanes) is 2. The van der Waals surface area contributed by atoms with Crippen molar-refractivity contribution in [2.24, 2.45) is 5.92 Å². The summed E-state index contributed by atoms with van der Waals surface area (Å²) in [5.74, 6) is -0.960. The molecule has 7 heteroatoms. The van der Waals surface area contributed by atoms with Crippen LogP contribution in [0.1, 0.15) is 43.6 Å². The summed E-state index contributed by atoms with van der Waals surface area (Å²) in [5.41, 5.74) is 1.18. The van der Waals surface area contributed by atoms with Crippen molar-refractivity contribution in [1.29, 1.82) is 0 Å². The summed E-state index contributed by atoms with van der Waals surface area (Å²) in [6, 6.07) is 6.81. The average molecular weight is 361 g/mol. The van der Waals surface area contributed by atoms with Gasteiger partial charge in [0.25, 0.3) is 5.91 Å². The number of amides is 1. The van der Waals surface area contributed by atoms with Crippen LogP contribution in [0.2, 0.25) is 0 Å². The van der Waals surface area contributed by atoms with Gasteiger partial charge < -0.3 is 15.2 Å². The first-order chi connectivity index (χ1) is 12.5. The smallest absolute Gasteiger partial charge is 0.328 e. The fourth-order valence-corrected chi connectivity index (χ4v) is 2.85. The predicted molar refractivity (Wildman–Crippen MR) is 98.8 cm³/mol. The number of para-hydroxylation sites is 1. The minimum atomic E-state index is -0.721. The van der Waals surface area contributed by atoms with Crippen LogP contribution in [0.3, 0.4) is 0 Å². The highest BCUT2D eigenvalue weighted by molar-refractivity contribution is 6.06. The first-order valence-corrected chi connectivity index (χ1v) is 8.94. The van der Waals surface area contributed by atoms with Crippen LogP contribution in [-0.2, 0) is 16.1 Å². The second-order valence-corrected chi connectivity index (χ2v) is 6.59. The zero-order valence-electron chi connectivity index (χ0n) is 15.6. The molecule has 0 fully saturated rings. The number of nitrogens with one attached hydrogen (secondary N) is 1. The number of carbonyl (C=O) groups is 2. The Kier molecular flexibility index (Phi) is 7.15. The summed E-state index contributed by atoms with van der Waals surface area (Å²) >= 11 is 0. The number of ether oxygens (including phenoxy) is 1. The number of esters is 1. The summed E-state index contributed by atoms with van der Waals surface area (Å²) in [6.07, 6.45) is 2.51. The molecule has 0 saturated heterocycles. The highest BCUT2D eigenvalue weighted by Gasteiger charge is 2.27. The van der Waals surface area contributed by atoms with E-state index in [4.69, 9.17) is 9.84 Å². The maximum Gasteiger partial charge on any atom is 0.328 e. The molecule has 0 spiro atoms. The Bertz CT molecular complexity index is 754. The largest absolute Gasteiger partial charge is 0.467 e. The van der Waals surface area contributed by atoms with Crippen molar-refractivity contribution >= 4 is 22.8 Å². The van der Waals surface area contributed by atoms with Crippen LogP contribution in [0, 0.1) is 5.92 Å². The van der Waals surface area contributed by atoms with Gasteiger partial charge in [-0.3, -0.25) is 9.48 Å². The van der Waals surface area contributed by atoms with Gasteiger partial charge in [-0.1, -0.05) is 32.0 Å². The van der Waals surface area contributed by atoms with Crippen molar-refractivity contribution in [1.82, 2.24) is 15.1 Å². The molecule has 1 aromatic heterocycles. The number of hydrogen-bond donors (Lipinski definition) is 2. The van der Waals surface area contributed by atoms with Gasteiger partial charge in [0.15, 0.2) is 5.69 Å². The summed E-state index contributed by atoms with van der Waals surface area (Å²) in [7, 11) is 1.31. The van der Waals surface area contributed by atoms with Crippen LogP contribution in [0.4, 0.5) is 0 Å². The van der Waals surface area contributed by atoms with Crippen LogP contribution in [0.15, 0.2) is 24.3 Å². The SMILES string of the molecule is COC(=O)C(NC(=O)c1nn(CCCCCO)c2ccccc12)C(C)C. The van der Waals surface area contributed by atoms with E-state index >= 15 is 0 Å². The van der Waals surface area contributed by atoms with Crippen molar-refractivity contribution in [2.45, 2.75) is 45.7 Å². The van der Waals surface area contributed by atoms with E-state index in [0.29, 0.717) is 12.2 Å². The quantitative estimate of drug-likeness (QED) is 0.527. The number of benzene rings is 1. The molecule has 1 atom stereocenters. The number of fused-ring (bicyclic) bond motifs is 1. The second-order valence-electron chi connectivity index (χ2n) is 6.59. The topological polar surface area (TPSA) is 93.5 Å². The molecule has 0 aliphatic rings. The van der Waals surface area contributed by atoms with E-state index in [-0.39, 0.29) is 18.4 Å². The molecular weight excluding hydrogens is 334 g/mol. The lowest BCUT2D eigenvalue weighted by Crippen LogP contribution is -2.45. The van der Waals surface area contributed by atoms with Gasteiger partial charge in [-0.05, 0) is 31.2 Å². The van der Waals surface area contributed by atoms with Crippen molar-refractivity contribution in [3.05, 3.63) is 30.0 Å². The van der Waals surface area contributed by atoms with Crippen molar-refractivity contribution < 1.29 is 19.4 Å². The Balaban J connectivity index is 2.25. The Morgan fingerprint density at radius 1 is 1.23 bits per heavy atom. The first kappa shape index (κ1) is 19.9. The average Bonchev–Trinajstić information content (AvgIpc) is 3.01. The van der Waals surface area contributed by atoms with Gasteiger partial charge in [-0.2, -0.15) is 5.10 Å². The molecule has 1 amide bonds. The lowest BCUT2D eigenvalue weighted by atomic mass is 10.0. The van der Waals surface area contributed by atoms with Crippen molar-refractivity contribution in [3.63, 3.8) is 0 Å². The molecule has 1 unspecified atom stereocenters. The highest BCUT2D eigenvalue weighted by atomic mass is 16.5. The Morgan fingerprint density at radius 2 is 1.96 bits per heavy atom. The fraction of sp³-hybridized carbons (Fsp3) is 0.526. The number of aromatic nitrogens is 2. The van der Waals surface area contributed by atoms with E-state index < -0.39 is 12.0 Å². The third-order valence-electron chi connectivity index (χ3n) is 4.31. The summed E-state index contributed by atoms with van der Waals surface area (Å²) < 4.78 is 6.59. The van der Waals surface area contributed by atoms with Crippen LogP contribution in [0.25, 0.3) is 10.9 Å². The third kappa shape index (κ3) is 4.60. The highest BCUT2D eigenvalue weighted by Crippen LogP contribution is 2.20. The minimum absolute atomic E-state index is 0.0989. The summed E-state index contributed by atoms with van der Waals surface area (Å²) in [5, 5.41) is 16.9. The molecule has 26 heavy (non-hydrogen) atoms. The molecule has 1 heterocycles. The predicted octanol–water partition coefficient (Wildman–Crippen LogP) is 2.13. The number of methoxy groups -OCH3 is 1. The second kappa shape index (κ2) is 9.33.